The predicted molar refractivity (Wildman–Crippen MR) is 83.2 cm³/mol. The fraction of sp³-hybridized carbons (Fsp3) is 0.500. The molecule has 22 heavy (non-hydrogen) atoms. The summed E-state index contributed by atoms with van der Waals surface area (Å²) < 4.78 is 5.08. The molecule has 1 aliphatic heterocycles. The lowest BCUT2D eigenvalue weighted by Gasteiger charge is -2.21. The van der Waals surface area contributed by atoms with Gasteiger partial charge >= 0.3 is 6.09 Å². The van der Waals surface area contributed by atoms with Gasteiger partial charge in [-0.05, 0) is 31.5 Å². The molecule has 1 aliphatic rings. The molecule has 1 fully saturated rings. The van der Waals surface area contributed by atoms with Crippen molar-refractivity contribution >= 4 is 12.0 Å². The van der Waals surface area contributed by atoms with Gasteiger partial charge in [-0.15, -0.1) is 0 Å². The fourth-order valence-electron chi connectivity index (χ4n) is 2.35. The second-order valence-electron chi connectivity index (χ2n) is 5.30. The third-order valence-corrected chi connectivity index (χ3v) is 3.62. The van der Waals surface area contributed by atoms with Crippen LogP contribution in [0.1, 0.15) is 18.4 Å². The number of hydrogen-bond donors (Lipinski definition) is 3. The third kappa shape index (κ3) is 5.73. The number of nitrogens with one attached hydrogen (secondary N) is 3. The first-order valence-corrected chi connectivity index (χ1v) is 7.68. The molecule has 2 rings (SSSR count). The molecular weight excluding hydrogens is 282 g/mol. The van der Waals surface area contributed by atoms with Gasteiger partial charge in [-0.2, -0.15) is 0 Å². The van der Waals surface area contributed by atoms with Crippen molar-refractivity contribution in [1.82, 2.24) is 16.0 Å². The van der Waals surface area contributed by atoms with Crippen LogP contribution < -0.4 is 16.0 Å². The Labute approximate surface area is 130 Å². The minimum atomic E-state index is -0.472. The summed E-state index contributed by atoms with van der Waals surface area (Å²) in [6, 6.07) is 9.49. The SMILES string of the molecule is O=C(NCCNC(=O)C1CCNCC1)OCc1ccccc1. The average Bonchev–Trinajstić information content (AvgIpc) is 2.58. The highest BCUT2D eigenvalue weighted by atomic mass is 16.5. The van der Waals surface area contributed by atoms with Crippen LogP contribution in [0, 0.1) is 5.92 Å². The number of carbonyl (C=O) groups is 2. The van der Waals surface area contributed by atoms with Crippen LogP contribution in [0.15, 0.2) is 30.3 Å². The summed E-state index contributed by atoms with van der Waals surface area (Å²) >= 11 is 0. The highest BCUT2D eigenvalue weighted by Crippen LogP contribution is 2.10. The number of piperidine rings is 1. The Morgan fingerprint density at radius 1 is 1.09 bits per heavy atom. The molecule has 1 aromatic rings. The molecule has 6 nitrogen and oxygen atoms in total. The van der Waals surface area contributed by atoms with E-state index in [0.717, 1.165) is 31.5 Å². The summed E-state index contributed by atoms with van der Waals surface area (Å²) in [6.45, 7) is 2.81. The molecule has 1 aromatic carbocycles. The Balaban J connectivity index is 1.54. The Kier molecular flexibility index (Phi) is 6.70. The zero-order valence-corrected chi connectivity index (χ0v) is 12.6. The van der Waals surface area contributed by atoms with Gasteiger partial charge < -0.3 is 20.7 Å². The molecule has 1 saturated heterocycles. The van der Waals surface area contributed by atoms with Crippen molar-refractivity contribution in [1.29, 1.82) is 0 Å². The van der Waals surface area contributed by atoms with Gasteiger partial charge in [-0.1, -0.05) is 30.3 Å². The number of ether oxygens (including phenoxy) is 1. The Bertz CT molecular complexity index is 473. The third-order valence-electron chi connectivity index (χ3n) is 3.62. The zero-order chi connectivity index (χ0) is 15.6. The summed E-state index contributed by atoms with van der Waals surface area (Å²) in [5.74, 6) is 0.159. The Hall–Kier alpha value is -2.08. The van der Waals surface area contributed by atoms with Crippen molar-refractivity contribution < 1.29 is 14.3 Å². The average molecular weight is 305 g/mol. The molecule has 0 saturated carbocycles. The van der Waals surface area contributed by atoms with Gasteiger partial charge in [-0.3, -0.25) is 4.79 Å². The molecule has 0 aliphatic carbocycles. The van der Waals surface area contributed by atoms with Crippen molar-refractivity contribution in [3.05, 3.63) is 35.9 Å². The van der Waals surface area contributed by atoms with Crippen molar-refractivity contribution in [3.63, 3.8) is 0 Å². The Morgan fingerprint density at radius 2 is 1.77 bits per heavy atom. The smallest absolute Gasteiger partial charge is 0.407 e. The lowest BCUT2D eigenvalue weighted by atomic mass is 9.97. The lowest BCUT2D eigenvalue weighted by molar-refractivity contribution is -0.125. The van der Waals surface area contributed by atoms with Crippen LogP contribution in [-0.2, 0) is 16.1 Å². The summed E-state index contributed by atoms with van der Waals surface area (Å²) in [5.41, 5.74) is 0.942. The highest BCUT2D eigenvalue weighted by Gasteiger charge is 2.20. The van der Waals surface area contributed by atoms with Crippen molar-refractivity contribution in [2.75, 3.05) is 26.2 Å². The van der Waals surface area contributed by atoms with Crippen LogP contribution in [0.5, 0.6) is 0 Å². The predicted octanol–water partition coefficient (Wildman–Crippen LogP) is 1.03. The normalized spacial score (nSPS) is 15.1. The quantitative estimate of drug-likeness (QED) is 0.686. The first-order valence-electron chi connectivity index (χ1n) is 7.68. The van der Waals surface area contributed by atoms with E-state index in [1.807, 2.05) is 30.3 Å². The van der Waals surface area contributed by atoms with E-state index in [-0.39, 0.29) is 18.4 Å². The molecule has 3 N–H and O–H groups in total. The highest BCUT2D eigenvalue weighted by molar-refractivity contribution is 5.78. The second kappa shape index (κ2) is 9.04. The molecule has 2 amide bonds. The van der Waals surface area contributed by atoms with Crippen LogP contribution in [0.2, 0.25) is 0 Å². The standard InChI is InChI=1S/C16H23N3O3/c20-15(14-6-8-17-9-7-14)18-10-11-19-16(21)22-12-13-4-2-1-3-5-13/h1-5,14,17H,6-12H2,(H,18,20)(H,19,21). The van der Waals surface area contributed by atoms with Gasteiger partial charge in [0.1, 0.15) is 6.61 Å². The van der Waals surface area contributed by atoms with Crippen molar-refractivity contribution in [2.45, 2.75) is 19.4 Å². The molecule has 1 heterocycles. The molecule has 6 heteroatoms. The van der Waals surface area contributed by atoms with E-state index in [0.29, 0.717) is 13.1 Å². The first kappa shape index (κ1) is 16.3. The van der Waals surface area contributed by atoms with Crippen LogP contribution in [0.4, 0.5) is 4.79 Å². The number of rotatable bonds is 6. The summed E-state index contributed by atoms with van der Waals surface area (Å²) in [4.78, 5) is 23.4. The number of benzene rings is 1. The first-order chi connectivity index (χ1) is 10.8. The molecule has 0 unspecified atom stereocenters. The van der Waals surface area contributed by atoms with Gasteiger partial charge in [-0.25, -0.2) is 4.79 Å². The Morgan fingerprint density at radius 3 is 2.50 bits per heavy atom. The van der Waals surface area contributed by atoms with Crippen LogP contribution >= 0.6 is 0 Å². The number of carbonyl (C=O) groups excluding carboxylic acids is 2. The minimum absolute atomic E-state index is 0.0703. The zero-order valence-electron chi connectivity index (χ0n) is 12.6. The van der Waals surface area contributed by atoms with Crippen molar-refractivity contribution in [3.8, 4) is 0 Å². The van der Waals surface area contributed by atoms with Crippen LogP contribution in [0.3, 0.4) is 0 Å². The topological polar surface area (TPSA) is 79.5 Å². The van der Waals surface area contributed by atoms with E-state index < -0.39 is 6.09 Å². The summed E-state index contributed by atoms with van der Waals surface area (Å²) in [7, 11) is 0. The van der Waals surface area contributed by atoms with Gasteiger partial charge in [0.25, 0.3) is 0 Å². The lowest BCUT2D eigenvalue weighted by Crippen LogP contribution is -2.41. The van der Waals surface area contributed by atoms with E-state index in [9.17, 15) is 9.59 Å². The molecule has 0 spiro atoms. The van der Waals surface area contributed by atoms with Gasteiger partial charge in [0, 0.05) is 19.0 Å². The molecule has 0 aromatic heterocycles. The second-order valence-corrected chi connectivity index (χ2v) is 5.30. The molecule has 0 radical (unpaired) electrons. The van der Waals surface area contributed by atoms with Crippen LogP contribution in [0.25, 0.3) is 0 Å². The van der Waals surface area contributed by atoms with Crippen molar-refractivity contribution in [2.24, 2.45) is 5.92 Å². The van der Waals surface area contributed by atoms with Gasteiger partial charge in [0.15, 0.2) is 0 Å². The number of amides is 2. The minimum Gasteiger partial charge on any atom is -0.445 e. The maximum atomic E-state index is 11.9. The van der Waals surface area contributed by atoms with E-state index in [4.69, 9.17) is 4.74 Å². The fourth-order valence-corrected chi connectivity index (χ4v) is 2.35. The van der Waals surface area contributed by atoms with E-state index in [1.165, 1.54) is 0 Å². The van der Waals surface area contributed by atoms with Gasteiger partial charge in [0.2, 0.25) is 5.91 Å². The largest absolute Gasteiger partial charge is 0.445 e. The number of hydrogen-bond acceptors (Lipinski definition) is 4. The molecule has 120 valence electrons. The molecular formula is C16H23N3O3. The molecule has 0 bridgehead atoms. The molecule has 0 atom stereocenters. The maximum absolute atomic E-state index is 11.9. The van der Waals surface area contributed by atoms with Gasteiger partial charge in [0.05, 0.1) is 0 Å². The van der Waals surface area contributed by atoms with E-state index >= 15 is 0 Å². The van der Waals surface area contributed by atoms with E-state index in [1.54, 1.807) is 0 Å². The summed E-state index contributed by atoms with van der Waals surface area (Å²) in [6.07, 6.45) is 1.27. The maximum Gasteiger partial charge on any atom is 0.407 e. The summed E-state index contributed by atoms with van der Waals surface area (Å²) in [5, 5.41) is 8.69. The van der Waals surface area contributed by atoms with Crippen LogP contribution in [-0.4, -0.2) is 38.2 Å². The monoisotopic (exact) mass is 305 g/mol. The van der Waals surface area contributed by atoms with E-state index in [2.05, 4.69) is 16.0 Å². The number of alkyl carbamates (subject to hydrolysis) is 1.